The van der Waals surface area contributed by atoms with Gasteiger partial charge in [-0.05, 0) is 68.3 Å². The molecule has 0 fully saturated rings. The van der Waals surface area contributed by atoms with Gasteiger partial charge in [0.2, 0.25) is 5.95 Å². The minimum Gasteiger partial charge on any atom is -0.350 e. The van der Waals surface area contributed by atoms with Gasteiger partial charge in [-0.1, -0.05) is 12.1 Å². The smallest absolute Gasteiger partial charge is 0.256 e. The number of amides is 2. The average Bonchev–Trinajstić information content (AvgIpc) is 2.83. The standard InChI is InChI=1S/C26H31N7O2/c1-16(2)29-24(34)22-15-28-26(31-21-9-8-17-10-11-27-14-19(17)13-21)32-23(22)30-20-7-5-6-18(12-20)25(35)33(3)4/h5-9,12-13,15-16,27H,10-11,14H2,1-4H3,(H,29,34)(H2,28,30,31,32). The van der Waals surface area contributed by atoms with Crippen molar-refractivity contribution >= 4 is 35.0 Å². The fraction of sp³-hybridized carbons (Fsp3) is 0.308. The van der Waals surface area contributed by atoms with Crippen molar-refractivity contribution < 1.29 is 9.59 Å². The number of rotatable bonds is 7. The van der Waals surface area contributed by atoms with E-state index in [0.29, 0.717) is 28.6 Å². The molecule has 3 aromatic rings. The first kappa shape index (κ1) is 24.2. The van der Waals surface area contributed by atoms with Gasteiger partial charge >= 0.3 is 0 Å². The van der Waals surface area contributed by atoms with E-state index in [4.69, 9.17) is 0 Å². The third-order valence-electron chi connectivity index (χ3n) is 5.58. The third kappa shape index (κ3) is 5.93. The van der Waals surface area contributed by atoms with Crippen LogP contribution in [-0.2, 0) is 13.0 Å². The van der Waals surface area contributed by atoms with Crippen LogP contribution in [-0.4, -0.2) is 53.4 Å². The Morgan fingerprint density at radius 3 is 2.60 bits per heavy atom. The molecule has 1 aliphatic rings. The number of aromatic nitrogens is 2. The van der Waals surface area contributed by atoms with Gasteiger partial charge in [0.15, 0.2) is 0 Å². The normalized spacial score (nSPS) is 12.6. The molecule has 4 N–H and O–H groups in total. The highest BCUT2D eigenvalue weighted by Crippen LogP contribution is 2.24. The molecule has 1 aliphatic heterocycles. The zero-order valence-corrected chi connectivity index (χ0v) is 20.5. The highest BCUT2D eigenvalue weighted by Gasteiger charge is 2.17. The maximum Gasteiger partial charge on any atom is 0.256 e. The van der Waals surface area contributed by atoms with Crippen LogP contribution in [0.1, 0.15) is 45.7 Å². The molecule has 4 rings (SSSR count). The molecule has 0 aliphatic carbocycles. The van der Waals surface area contributed by atoms with Gasteiger partial charge in [0.1, 0.15) is 11.4 Å². The van der Waals surface area contributed by atoms with Crippen molar-refractivity contribution in [2.75, 3.05) is 31.3 Å². The lowest BCUT2D eigenvalue weighted by Gasteiger charge is -2.18. The largest absolute Gasteiger partial charge is 0.350 e. The molecule has 0 saturated heterocycles. The number of fused-ring (bicyclic) bond motifs is 1. The Labute approximate surface area is 205 Å². The van der Waals surface area contributed by atoms with Crippen LogP contribution < -0.4 is 21.3 Å². The maximum absolute atomic E-state index is 12.8. The number of hydrogen-bond acceptors (Lipinski definition) is 7. The number of hydrogen-bond donors (Lipinski definition) is 4. The summed E-state index contributed by atoms with van der Waals surface area (Å²) in [5, 5.41) is 12.7. The predicted molar refractivity (Wildman–Crippen MR) is 138 cm³/mol. The highest BCUT2D eigenvalue weighted by molar-refractivity contribution is 6.00. The lowest BCUT2D eigenvalue weighted by molar-refractivity contribution is 0.0827. The van der Waals surface area contributed by atoms with Crippen LogP contribution in [0, 0.1) is 0 Å². The Kier molecular flexibility index (Phi) is 7.26. The summed E-state index contributed by atoms with van der Waals surface area (Å²) in [7, 11) is 3.41. The lowest BCUT2D eigenvalue weighted by Crippen LogP contribution is -2.31. The fourth-order valence-corrected chi connectivity index (χ4v) is 3.86. The van der Waals surface area contributed by atoms with E-state index in [9.17, 15) is 9.59 Å². The zero-order chi connectivity index (χ0) is 24.9. The number of carbonyl (C=O) groups is 2. The molecule has 9 heteroatoms. The van der Waals surface area contributed by atoms with Gasteiger partial charge in [0, 0.05) is 49.8 Å². The van der Waals surface area contributed by atoms with Crippen LogP contribution in [0.5, 0.6) is 0 Å². The fourth-order valence-electron chi connectivity index (χ4n) is 3.86. The summed E-state index contributed by atoms with van der Waals surface area (Å²) in [4.78, 5) is 35.8. The second-order valence-electron chi connectivity index (χ2n) is 9.02. The zero-order valence-electron chi connectivity index (χ0n) is 20.5. The highest BCUT2D eigenvalue weighted by atomic mass is 16.2. The SMILES string of the molecule is CC(C)NC(=O)c1cnc(Nc2ccc3c(c2)CNCC3)nc1Nc1cccc(C(=O)N(C)C)c1. The van der Waals surface area contributed by atoms with E-state index in [1.165, 1.54) is 22.2 Å². The third-order valence-corrected chi connectivity index (χ3v) is 5.58. The van der Waals surface area contributed by atoms with E-state index < -0.39 is 0 Å². The van der Waals surface area contributed by atoms with E-state index in [2.05, 4.69) is 43.4 Å². The van der Waals surface area contributed by atoms with Crippen LogP contribution in [0.25, 0.3) is 0 Å². The van der Waals surface area contributed by atoms with Crippen molar-refractivity contribution in [2.24, 2.45) is 0 Å². The summed E-state index contributed by atoms with van der Waals surface area (Å²) in [5.41, 5.74) is 4.93. The van der Waals surface area contributed by atoms with Gasteiger partial charge in [0.25, 0.3) is 11.8 Å². The molecule has 9 nitrogen and oxygen atoms in total. The summed E-state index contributed by atoms with van der Waals surface area (Å²) in [5.74, 6) is 0.306. The van der Waals surface area contributed by atoms with Crippen LogP contribution in [0.4, 0.5) is 23.1 Å². The van der Waals surface area contributed by atoms with Crippen molar-refractivity contribution in [3.63, 3.8) is 0 Å². The molecule has 0 saturated carbocycles. The number of nitrogens with one attached hydrogen (secondary N) is 4. The Morgan fingerprint density at radius 1 is 1.03 bits per heavy atom. The van der Waals surface area contributed by atoms with Crippen molar-refractivity contribution in [2.45, 2.75) is 32.9 Å². The Hall–Kier alpha value is -3.98. The molecule has 2 aromatic carbocycles. The average molecular weight is 474 g/mol. The van der Waals surface area contributed by atoms with E-state index in [1.807, 2.05) is 26.0 Å². The summed E-state index contributed by atoms with van der Waals surface area (Å²) in [6, 6.07) is 13.3. The van der Waals surface area contributed by atoms with E-state index in [-0.39, 0.29) is 17.9 Å². The van der Waals surface area contributed by atoms with Gasteiger partial charge in [-0.25, -0.2) is 4.98 Å². The van der Waals surface area contributed by atoms with Gasteiger partial charge in [-0.2, -0.15) is 4.98 Å². The summed E-state index contributed by atoms with van der Waals surface area (Å²) >= 11 is 0. The molecule has 2 amide bonds. The van der Waals surface area contributed by atoms with Gasteiger partial charge in [0.05, 0.1) is 0 Å². The summed E-state index contributed by atoms with van der Waals surface area (Å²) < 4.78 is 0. The maximum atomic E-state index is 12.8. The Morgan fingerprint density at radius 2 is 1.83 bits per heavy atom. The van der Waals surface area contributed by atoms with Crippen molar-refractivity contribution in [1.29, 1.82) is 0 Å². The van der Waals surface area contributed by atoms with Gasteiger partial charge in [-0.15, -0.1) is 0 Å². The molecule has 0 atom stereocenters. The number of anilines is 4. The molecule has 0 unspecified atom stereocenters. The Balaban J connectivity index is 1.64. The first-order chi connectivity index (χ1) is 16.8. The van der Waals surface area contributed by atoms with Crippen molar-refractivity contribution in [3.05, 3.63) is 70.9 Å². The molecular weight excluding hydrogens is 442 g/mol. The monoisotopic (exact) mass is 473 g/mol. The molecule has 0 bridgehead atoms. The number of carbonyl (C=O) groups excluding carboxylic acids is 2. The first-order valence-corrected chi connectivity index (χ1v) is 11.7. The number of nitrogens with zero attached hydrogens (tertiary/aromatic N) is 3. The predicted octanol–water partition coefficient (Wildman–Crippen LogP) is 3.45. The second kappa shape index (κ2) is 10.5. The van der Waals surface area contributed by atoms with Crippen LogP contribution >= 0.6 is 0 Å². The van der Waals surface area contributed by atoms with Gasteiger partial charge < -0.3 is 26.2 Å². The van der Waals surface area contributed by atoms with Crippen molar-refractivity contribution in [3.8, 4) is 0 Å². The van der Waals surface area contributed by atoms with E-state index in [0.717, 1.165) is 25.2 Å². The lowest BCUT2D eigenvalue weighted by atomic mass is 10.0. The Bertz CT molecular complexity index is 1240. The first-order valence-electron chi connectivity index (χ1n) is 11.7. The molecule has 182 valence electrons. The minimum atomic E-state index is -0.283. The minimum absolute atomic E-state index is 0.0432. The van der Waals surface area contributed by atoms with E-state index >= 15 is 0 Å². The van der Waals surface area contributed by atoms with Crippen LogP contribution in [0.2, 0.25) is 0 Å². The quantitative estimate of drug-likeness (QED) is 0.416. The molecular formula is C26H31N7O2. The van der Waals surface area contributed by atoms with Gasteiger partial charge in [-0.3, -0.25) is 9.59 Å². The van der Waals surface area contributed by atoms with Crippen LogP contribution in [0.3, 0.4) is 0 Å². The molecule has 2 heterocycles. The van der Waals surface area contributed by atoms with Crippen molar-refractivity contribution in [1.82, 2.24) is 25.5 Å². The molecule has 35 heavy (non-hydrogen) atoms. The topological polar surface area (TPSA) is 111 Å². The summed E-state index contributed by atoms with van der Waals surface area (Å²) in [6.45, 7) is 5.60. The summed E-state index contributed by atoms with van der Waals surface area (Å²) in [6.07, 6.45) is 2.51. The molecule has 1 aromatic heterocycles. The van der Waals surface area contributed by atoms with Crippen LogP contribution in [0.15, 0.2) is 48.7 Å². The molecule has 0 radical (unpaired) electrons. The van der Waals surface area contributed by atoms with E-state index in [1.54, 1.807) is 32.3 Å². The second-order valence-corrected chi connectivity index (χ2v) is 9.02. The molecule has 0 spiro atoms. The number of benzene rings is 2.